The van der Waals surface area contributed by atoms with E-state index < -0.39 is 5.97 Å². The van der Waals surface area contributed by atoms with Crippen LogP contribution in [0.3, 0.4) is 0 Å². The summed E-state index contributed by atoms with van der Waals surface area (Å²) < 4.78 is 21.6. The third kappa shape index (κ3) is 7.44. The Balaban J connectivity index is 0. The van der Waals surface area contributed by atoms with Crippen LogP contribution in [0.5, 0.6) is 0 Å². The zero-order valence-corrected chi connectivity index (χ0v) is 11.7. The van der Waals surface area contributed by atoms with E-state index in [0.717, 1.165) is 0 Å². The van der Waals surface area contributed by atoms with Gasteiger partial charge in [-0.3, -0.25) is 0 Å². The number of rotatable bonds is 9. The first-order chi connectivity index (χ1) is 6.74. The standard InChI is InChI=1S/C10H22O4.Ti/c1-5-11-9-10(12-6-2,13-7-3)14-8-4;/h5-9H2,1-4H3;. The first-order valence-electron chi connectivity index (χ1n) is 5.24. The van der Waals surface area contributed by atoms with Crippen molar-refractivity contribution in [2.24, 2.45) is 0 Å². The van der Waals surface area contributed by atoms with E-state index in [1.807, 2.05) is 27.7 Å². The van der Waals surface area contributed by atoms with E-state index in [1.54, 1.807) is 0 Å². The second-order valence-corrected chi connectivity index (χ2v) is 2.62. The molecule has 0 amide bonds. The Morgan fingerprint density at radius 1 is 0.733 bits per heavy atom. The average molecular weight is 254 g/mol. The Morgan fingerprint density at radius 3 is 1.40 bits per heavy atom. The Bertz CT molecular complexity index is 116. The summed E-state index contributed by atoms with van der Waals surface area (Å²) in [6.45, 7) is 10.2. The van der Waals surface area contributed by atoms with Gasteiger partial charge < -0.3 is 18.9 Å². The molecule has 0 atom stereocenters. The fourth-order valence-corrected chi connectivity index (χ4v) is 1.14. The topological polar surface area (TPSA) is 36.9 Å². The zero-order chi connectivity index (χ0) is 10.9. The van der Waals surface area contributed by atoms with Gasteiger partial charge in [-0.25, -0.2) is 0 Å². The summed E-state index contributed by atoms with van der Waals surface area (Å²) in [5.74, 6) is -1.02. The third-order valence-electron chi connectivity index (χ3n) is 1.58. The molecule has 0 heterocycles. The van der Waals surface area contributed by atoms with Crippen LogP contribution in [-0.4, -0.2) is 39.0 Å². The molecule has 0 aliphatic rings. The molecule has 4 nitrogen and oxygen atoms in total. The van der Waals surface area contributed by atoms with Gasteiger partial charge in [0.2, 0.25) is 0 Å². The minimum atomic E-state index is -1.02. The second kappa shape index (κ2) is 11.1. The first-order valence-corrected chi connectivity index (χ1v) is 5.24. The molecule has 0 N–H and O–H groups in total. The van der Waals surface area contributed by atoms with Crippen molar-refractivity contribution in [1.29, 1.82) is 0 Å². The molecule has 0 unspecified atom stereocenters. The molecule has 0 aromatic rings. The number of ether oxygens (including phenoxy) is 4. The van der Waals surface area contributed by atoms with Crippen LogP contribution in [0.1, 0.15) is 27.7 Å². The van der Waals surface area contributed by atoms with Crippen molar-refractivity contribution in [3.05, 3.63) is 0 Å². The van der Waals surface area contributed by atoms with Gasteiger partial charge in [0.05, 0.1) is 0 Å². The van der Waals surface area contributed by atoms with Gasteiger partial charge in [0.15, 0.2) is 0 Å². The second-order valence-electron chi connectivity index (χ2n) is 2.62. The zero-order valence-electron chi connectivity index (χ0n) is 10.2. The predicted octanol–water partition coefficient (Wildman–Crippen LogP) is 1.78. The maximum atomic E-state index is 5.44. The summed E-state index contributed by atoms with van der Waals surface area (Å²) in [5, 5.41) is 0. The monoisotopic (exact) mass is 254 g/mol. The van der Waals surface area contributed by atoms with Crippen molar-refractivity contribution in [2.45, 2.75) is 33.7 Å². The van der Waals surface area contributed by atoms with E-state index in [2.05, 4.69) is 0 Å². The normalized spacial score (nSPS) is 11.2. The van der Waals surface area contributed by atoms with Crippen molar-refractivity contribution >= 4 is 0 Å². The van der Waals surface area contributed by atoms with Crippen LogP contribution in [-0.2, 0) is 40.7 Å². The quantitative estimate of drug-likeness (QED) is 0.464. The van der Waals surface area contributed by atoms with E-state index in [4.69, 9.17) is 18.9 Å². The van der Waals surface area contributed by atoms with Crippen LogP contribution in [0.2, 0.25) is 0 Å². The van der Waals surface area contributed by atoms with E-state index in [1.165, 1.54) is 0 Å². The van der Waals surface area contributed by atoms with Crippen LogP contribution in [0, 0.1) is 0 Å². The van der Waals surface area contributed by atoms with Crippen molar-refractivity contribution < 1.29 is 40.7 Å². The molecular formula is C10H22O4Ti. The summed E-state index contributed by atoms with van der Waals surface area (Å²) in [6, 6.07) is 0. The van der Waals surface area contributed by atoms with Crippen LogP contribution < -0.4 is 0 Å². The summed E-state index contributed by atoms with van der Waals surface area (Å²) >= 11 is 0. The molecule has 0 saturated carbocycles. The molecule has 15 heavy (non-hydrogen) atoms. The fourth-order valence-electron chi connectivity index (χ4n) is 1.14. The first kappa shape index (κ1) is 17.9. The van der Waals surface area contributed by atoms with Crippen LogP contribution in [0.4, 0.5) is 0 Å². The smallest absolute Gasteiger partial charge is 0.307 e. The molecule has 0 rings (SSSR count). The van der Waals surface area contributed by atoms with E-state index in [-0.39, 0.29) is 21.7 Å². The summed E-state index contributed by atoms with van der Waals surface area (Å²) in [5.41, 5.74) is 0. The van der Waals surface area contributed by atoms with Crippen LogP contribution in [0.15, 0.2) is 0 Å². The minimum absolute atomic E-state index is 0. The largest absolute Gasteiger partial charge is 0.373 e. The van der Waals surface area contributed by atoms with Crippen molar-refractivity contribution in [1.82, 2.24) is 0 Å². The van der Waals surface area contributed by atoms with E-state index >= 15 is 0 Å². The Morgan fingerprint density at radius 2 is 1.13 bits per heavy atom. The van der Waals surface area contributed by atoms with Gasteiger partial charge in [0.25, 0.3) is 0 Å². The maximum Gasteiger partial charge on any atom is 0.307 e. The van der Waals surface area contributed by atoms with E-state index in [9.17, 15) is 0 Å². The average Bonchev–Trinajstić information content (AvgIpc) is 2.16. The molecule has 0 fully saturated rings. The van der Waals surface area contributed by atoms with Gasteiger partial charge in [0.1, 0.15) is 6.61 Å². The summed E-state index contributed by atoms with van der Waals surface area (Å²) in [7, 11) is 0. The number of hydrogen-bond acceptors (Lipinski definition) is 4. The molecule has 0 aliphatic carbocycles. The van der Waals surface area contributed by atoms with Gasteiger partial charge in [0, 0.05) is 48.1 Å². The Hall–Kier alpha value is 0.554. The molecule has 0 aliphatic heterocycles. The van der Waals surface area contributed by atoms with Crippen molar-refractivity contribution in [3.8, 4) is 0 Å². The maximum absolute atomic E-state index is 5.44. The third-order valence-corrected chi connectivity index (χ3v) is 1.58. The SMILES string of the molecule is CCOCC(OCC)(OCC)OCC.[Ti]. The van der Waals surface area contributed by atoms with Gasteiger partial charge >= 0.3 is 5.97 Å². The molecule has 0 saturated heterocycles. The van der Waals surface area contributed by atoms with Crippen molar-refractivity contribution in [3.63, 3.8) is 0 Å². The van der Waals surface area contributed by atoms with E-state index in [0.29, 0.717) is 33.0 Å². The van der Waals surface area contributed by atoms with Crippen LogP contribution >= 0.6 is 0 Å². The van der Waals surface area contributed by atoms with Crippen molar-refractivity contribution in [2.75, 3.05) is 33.0 Å². The Kier molecular flexibility index (Phi) is 13.2. The van der Waals surface area contributed by atoms with Crippen LogP contribution in [0.25, 0.3) is 0 Å². The molecule has 0 spiro atoms. The van der Waals surface area contributed by atoms with Gasteiger partial charge in [-0.05, 0) is 27.7 Å². The van der Waals surface area contributed by atoms with Gasteiger partial charge in [-0.2, -0.15) is 0 Å². The molecule has 0 radical (unpaired) electrons. The van der Waals surface area contributed by atoms with Gasteiger partial charge in [-0.1, -0.05) is 0 Å². The minimum Gasteiger partial charge on any atom is -0.373 e. The molecule has 5 heteroatoms. The summed E-state index contributed by atoms with van der Waals surface area (Å²) in [4.78, 5) is 0. The Labute approximate surface area is 107 Å². The van der Waals surface area contributed by atoms with Gasteiger partial charge in [-0.15, -0.1) is 0 Å². The molecular weight excluding hydrogens is 232 g/mol. The molecule has 0 aromatic carbocycles. The molecule has 0 bridgehead atoms. The number of hydrogen-bond donors (Lipinski definition) is 0. The molecule has 0 aromatic heterocycles. The summed E-state index contributed by atoms with van der Waals surface area (Å²) in [6.07, 6.45) is 0. The fraction of sp³-hybridized carbons (Fsp3) is 1.00. The predicted molar refractivity (Wildman–Crippen MR) is 54.1 cm³/mol. The molecule has 90 valence electrons.